The van der Waals surface area contributed by atoms with E-state index < -0.39 is 11.9 Å². The maximum absolute atomic E-state index is 12.4. The molecule has 0 aromatic heterocycles. The van der Waals surface area contributed by atoms with Gasteiger partial charge < -0.3 is 20.6 Å². The van der Waals surface area contributed by atoms with Crippen LogP contribution in [0.2, 0.25) is 0 Å². The maximum Gasteiger partial charge on any atom is 0.364 e. The maximum atomic E-state index is 12.4. The number of hydrogen-bond donors (Lipinski definition) is 6. The number of nitrogens with zero attached hydrogens (tertiary/aromatic N) is 2. The zero-order chi connectivity index (χ0) is 23.8. The molecule has 3 aromatic rings. The Morgan fingerprint density at radius 3 is 2.29 bits per heavy atom. The third-order valence-corrected chi connectivity index (χ3v) is 5.38. The molecular weight excluding hydrogens is 438 g/mol. The smallest absolute Gasteiger partial charge is 0.364 e. The normalized spacial score (nSPS) is 11.4. The minimum absolute atomic E-state index is 0.0660. The van der Waals surface area contributed by atoms with Gasteiger partial charge in [0.15, 0.2) is 0 Å². The van der Waals surface area contributed by atoms with E-state index in [4.69, 9.17) is 0 Å². The molecule has 10 heteroatoms. The summed E-state index contributed by atoms with van der Waals surface area (Å²) in [6.45, 7) is 0. The van der Waals surface area contributed by atoms with Gasteiger partial charge in [-0.3, -0.25) is 15.0 Å². The summed E-state index contributed by atoms with van der Waals surface area (Å²) in [4.78, 5) is 24.5. The predicted molar refractivity (Wildman–Crippen MR) is 124 cm³/mol. The first-order chi connectivity index (χ1) is 16.4. The van der Waals surface area contributed by atoms with E-state index in [9.17, 15) is 24.9 Å². The van der Waals surface area contributed by atoms with Crippen LogP contribution >= 0.6 is 0 Å². The summed E-state index contributed by atoms with van der Waals surface area (Å²) in [6, 6.07) is 16.4. The molecule has 1 aliphatic carbocycles. The van der Waals surface area contributed by atoms with Gasteiger partial charge in [-0.25, -0.2) is 4.79 Å². The van der Waals surface area contributed by atoms with Gasteiger partial charge in [0.2, 0.25) is 0 Å². The molecule has 0 spiro atoms. The SMILES string of the molecule is O=C(N=NC(=O)c1ccccc1O)Nc1cccc2c3[nH][nH]c(-c4ccc(O)cc4)c-3c(O)c12. The number of H-pyrrole nitrogens is 2. The van der Waals surface area contributed by atoms with Crippen molar-refractivity contribution in [3.05, 3.63) is 72.3 Å². The molecule has 168 valence electrons. The number of para-hydroxylation sites is 1. The number of carbonyl (C=O) groups excluding carboxylic acids is 2. The largest absolute Gasteiger partial charge is 0.508 e. The second kappa shape index (κ2) is 8.10. The van der Waals surface area contributed by atoms with Gasteiger partial charge in [0.25, 0.3) is 5.91 Å². The van der Waals surface area contributed by atoms with Gasteiger partial charge >= 0.3 is 6.03 Å². The van der Waals surface area contributed by atoms with Crippen LogP contribution in [0.15, 0.2) is 77.0 Å². The first kappa shape index (κ1) is 20.8. The van der Waals surface area contributed by atoms with Gasteiger partial charge in [-0.2, -0.15) is 0 Å². The fraction of sp³-hybridized carbons (Fsp3) is 0. The van der Waals surface area contributed by atoms with Crippen molar-refractivity contribution in [1.29, 1.82) is 0 Å². The van der Waals surface area contributed by atoms with Crippen molar-refractivity contribution in [2.24, 2.45) is 10.2 Å². The molecule has 1 aliphatic heterocycles. The summed E-state index contributed by atoms with van der Waals surface area (Å²) in [5, 5.41) is 46.7. The quantitative estimate of drug-likeness (QED) is 0.205. The monoisotopic (exact) mass is 455 g/mol. The summed E-state index contributed by atoms with van der Waals surface area (Å²) >= 11 is 0. The third kappa shape index (κ3) is 3.48. The number of phenolic OH excluding ortho intramolecular Hbond substituents is 2. The first-order valence-corrected chi connectivity index (χ1v) is 10.1. The number of aromatic amines is 2. The molecule has 10 nitrogen and oxygen atoms in total. The average Bonchev–Trinajstić information content (AvgIpc) is 3.39. The van der Waals surface area contributed by atoms with Crippen LogP contribution in [0, 0.1) is 0 Å². The summed E-state index contributed by atoms with van der Waals surface area (Å²) < 4.78 is 0. The van der Waals surface area contributed by atoms with Gasteiger partial charge in [-0.1, -0.05) is 29.4 Å². The molecule has 3 amide bonds. The molecule has 0 saturated carbocycles. The predicted octanol–water partition coefficient (Wildman–Crippen LogP) is 5.21. The molecule has 0 atom stereocenters. The molecule has 3 aromatic carbocycles. The van der Waals surface area contributed by atoms with E-state index in [1.807, 2.05) is 0 Å². The number of aromatic hydroxyl groups is 3. The van der Waals surface area contributed by atoms with Gasteiger partial charge in [-0.15, -0.1) is 5.11 Å². The Labute approximate surface area is 191 Å². The highest BCUT2D eigenvalue weighted by Crippen LogP contribution is 2.49. The molecule has 6 N–H and O–H groups in total. The summed E-state index contributed by atoms with van der Waals surface area (Å²) in [5.74, 6) is -1.09. The lowest BCUT2D eigenvalue weighted by Gasteiger charge is -2.04. The fourth-order valence-corrected chi connectivity index (χ4v) is 3.84. The standard InChI is InChI=1S/C24H17N5O5/c30-13-10-8-12(9-11-13)20-19-21(27-26-20)15-5-3-6-16(18(15)22(19)32)25-24(34)29-28-23(33)14-4-1-2-7-17(14)31/h1-11,26-27,30-32H,(H,25,34). The van der Waals surface area contributed by atoms with Crippen molar-refractivity contribution in [3.8, 4) is 39.8 Å². The third-order valence-electron chi connectivity index (χ3n) is 5.38. The van der Waals surface area contributed by atoms with Crippen molar-refractivity contribution < 1.29 is 24.9 Å². The molecule has 0 saturated heterocycles. The van der Waals surface area contributed by atoms with Gasteiger partial charge in [0, 0.05) is 10.9 Å². The van der Waals surface area contributed by atoms with E-state index in [0.717, 1.165) is 5.56 Å². The molecule has 0 radical (unpaired) electrons. The van der Waals surface area contributed by atoms with Crippen molar-refractivity contribution in [1.82, 2.24) is 10.2 Å². The Hall–Kier alpha value is -5.12. The van der Waals surface area contributed by atoms with E-state index in [1.54, 1.807) is 42.5 Å². The van der Waals surface area contributed by atoms with Crippen LogP contribution in [0.5, 0.6) is 17.2 Å². The summed E-state index contributed by atoms with van der Waals surface area (Å²) in [6.07, 6.45) is 0. The zero-order valence-corrected chi connectivity index (χ0v) is 17.4. The topological polar surface area (TPSA) is 163 Å². The zero-order valence-electron chi connectivity index (χ0n) is 17.4. The minimum Gasteiger partial charge on any atom is -0.508 e. The van der Waals surface area contributed by atoms with Crippen LogP contribution in [-0.4, -0.2) is 37.5 Å². The van der Waals surface area contributed by atoms with Crippen molar-refractivity contribution in [2.45, 2.75) is 0 Å². The van der Waals surface area contributed by atoms with Crippen LogP contribution in [0.3, 0.4) is 0 Å². The van der Waals surface area contributed by atoms with Crippen molar-refractivity contribution in [2.75, 3.05) is 5.32 Å². The minimum atomic E-state index is -0.925. The van der Waals surface area contributed by atoms with Crippen LogP contribution in [0.4, 0.5) is 10.5 Å². The lowest BCUT2D eigenvalue weighted by Crippen LogP contribution is -2.06. The lowest BCUT2D eigenvalue weighted by atomic mass is 10.1. The highest BCUT2D eigenvalue weighted by Gasteiger charge is 2.26. The number of phenols is 2. The van der Waals surface area contributed by atoms with Gasteiger partial charge in [0.05, 0.1) is 33.6 Å². The number of fused-ring (bicyclic) bond motifs is 3. The Balaban J connectivity index is 1.47. The Morgan fingerprint density at radius 1 is 0.794 bits per heavy atom. The highest BCUT2D eigenvalue weighted by molar-refractivity contribution is 6.16. The average molecular weight is 455 g/mol. The molecule has 2 aliphatic rings. The molecular formula is C24H17N5O5. The number of amides is 3. The van der Waals surface area contributed by atoms with E-state index in [2.05, 4.69) is 25.7 Å². The summed E-state index contributed by atoms with van der Waals surface area (Å²) in [5.41, 5.74) is 2.67. The second-order valence-corrected chi connectivity index (χ2v) is 7.45. The first-order valence-electron chi connectivity index (χ1n) is 10.1. The number of aromatic nitrogens is 2. The highest BCUT2D eigenvalue weighted by atomic mass is 16.3. The van der Waals surface area contributed by atoms with Crippen LogP contribution in [-0.2, 0) is 0 Å². The van der Waals surface area contributed by atoms with E-state index in [0.29, 0.717) is 27.7 Å². The van der Waals surface area contributed by atoms with Gasteiger partial charge in [0.1, 0.15) is 17.2 Å². The molecule has 0 fully saturated rings. The number of benzene rings is 3. The van der Waals surface area contributed by atoms with Crippen LogP contribution in [0.25, 0.3) is 33.3 Å². The molecule has 1 heterocycles. The molecule has 34 heavy (non-hydrogen) atoms. The van der Waals surface area contributed by atoms with E-state index >= 15 is 0 Å². The number of rotatable bonds is 3. The van der Waals surface area contributed by atoms with Gasteiger partial charge in [-0.05, 0) is 42.5 Å². The number of azo groups is 1. The van der Waals surface area contributed by atoms with E-state index in [1.165, 1.54) is 24.3 Å². The van der Waals surface area contributed by atoms with Crippen molar-refractivity contribution >= 4 is 28.4 Å². The molecule has 0 unspecified atom stereocenters. The van der Waals surface area contributed by atoms with Crippen molar-refractivity contribution in [3.63, 3.8) is 0 Å². The lowest BCUT2D eigenvalue weighted by molar-refractivity contribution is 0.0991. The number of hydrogen-bond acceptors (Lipinski definition) is 5. The van der Waals surface area contributed by atoms with Crippen LogP contribution < -0.4 is 5.32 Å². The fourth-order valence-electron chi connectivity index (χ4n) is 3.84. The second-order valence-electron chi connectivity index (χ2n) is 7.45. The molecule has 5 rings (SSSR count). The Morgan fingerprint density at radius 2 is 1.53 bits per heavy atom. The number of anilines is 1. The number of carbonyl (C=O) groups is 2. The number of nitrogens with one attached hydrogen (secondary N) is 3. The Kier molecular flexibility index (Phi) is 4.94. The molecule has 0 bridgehead atoms. The van der Waals surface area contributed by atoms with E-state index in [-0.39, 0.29) is 28.5 Å². The summed E-state index contributed by atoms with van der Waals surface area (Å²) in [7, 11) is 0. The Bertz CT molecular complexity index is 1550. The number of urea groups is 1. The van der Waals surface area contributed by atoms with Crippen LogP contribution in [0.1, 0.15) is 10.4 Å².